The highest BCUT2D eigenvalue weighted by molar-refractivity contribution is 7.99. The van der Waals surface area contributed by atoms with Gasteiger partial charge in [-0.05, 0) is 26.3 Å². The van der Waals surface area contributed by atoms with Gasteiger partial charge in [0.05, 0.1) is 12.2 Å². The van der Waals surface area contributed by atoms with Gasteiger partial charge in [-0.15, -0.1) is 23.1 Å². The molecule has 1 aliphatic heterocycles. The van der Waals surface area contributed by atoms with Crippen molar-refractivity contribution >= 4 is 44.9 Å². The average molecular weight is 369 g/mol. The Morgan fingerprint density at radius 3 is 2.91 bits per heavy atom. The summed E-state index contributed by atoms with van der Waals surface area (Å²) in [7, 11) is 0. The number of hydrogen-bond acceptors (Lipinski definition) is 5. The lowest BCUT2D eigenvalue weighted by atomic mass is 9.95. The number of ether oxygens (including phenoxy) is 1. The second-order valence-corrected chi connectivity index (χ2v) is 9.00. The summed E-state index contributed by atoms with van der Waals surface area (Å²) in [6.07, 6.45) is 3.78. The standard InChI is InChI=1S/C17H21ClN2OS2/c1-5-13-19-15(22-7-6-10(2)18)14-11-8-17(3,4)21-9-12(11)23-16(14)20-13/h6H,5,7-9H2,1-4H3. The zero-order valence-electron chi connectivity index (χ0n) is 13.9. The van der Waals surface area contributed by atoms with Crippen molar-refractivity contribution in [3.63, 3.8) is 0 Å². The smallest absolute Gasteiger partial charge is 0.131 e. The minimum atomic E-state index is -0.126. The van der Waals surface area contributed by atoms with E-state index in [1.165, 1.54) is 15.8 Å². The molecule has 3 heterocycles. The minimum Gasteiger partial charge on any atom is -0.370 e. The van der Waals surface area contributed by atoms with E-state index < -0.39 is 0 Å². The normalized spacial score (nSPS) is 17.5. The summed E-state index contributed by atoms with van der Waals surface area (Å²) in [4.78, 5) is 11.9. The molecule has 6 heteroatoms. The number of rotatable bonds is 4. The molecule has 0 amide bonds. The van der Waals surface area contributed by atoms with Gasteiger partial charge in [0.25, 0.3) is 0 Å². The maximum Gasteiger partial charge on any atom is 0.131 e. The molecule has 1 aliphatic rings. The first kappa shape index (κ1) is 17.2. The molecule has 23 heavy (non-hydrogen) atoms. The van der Waals surface area contributed by atoms with Gasteiger partial charge in [0, 0.05) is 33.9 Å². The van der Waals surface area contributed by atoms with Crippen LogP contribution in [-0.4, -0.2) is 21.3 Å². The van der Waals surface area contributed by atoms with Crippen LogP contribution in [0.25, 0.3) is 10.2 Å². The van der Waals surface area contributed by atoms with Crippen molar-refractivity contribution in [2.45, 2.75) is 57.8 Å². The number of halogens is 1. The van der Waals surface area contributed by atoms with Gasteiger partial charge in [-0.2, -0.15) is 0 Å². The average Bonchev–Trinajstić information content (AvgIpc) is 2.83. The number of fused-ring (bicyclic) bond motifs is 3. The molecule has 0 saturated carbocycles. The van der Waals surface area contributed by atoms with Crippen LogP contribution in [0.3, 0.4) is 0 Å². The van der Waals surface area contributed by atoms with E-state index in [4.69, 9.17) is 26.3 Å². The topological polar surface area (TPSA) is 35.0 Å². The lowest BCUT2D eigenvalue weighted by molar-refractivity contribution is -0.0379. The lowest BCUT2D eigenvalue weighted by Crippen LogP contribution is -2.31. The molecule has 2 aromatic rings. The second kappa shape index (κ2) is 6.71. The van der Waals surface area contributed by atoms with Gasteiger partial charge in [-0.25, -0.2) is 9.97 Å². The van der Waals surface area contributed by atoms with Crippen molar-refractivity contribution in [1.82, 2.24) is 9.97 Å². The highest BCUT2D eigenvalue weighted by atomic mass is 35.5. The molecule has 0 saturated heterocycles. The van der Waals surface area contributed by atoms with Crippen LogP contribution in [0.1, 0.15) is 44.0 Å². The molecule has 2 aromatic heterocycles. The molecule has 124 valence electrons. The SMILES string of the molecule is CCc1nc(SCC=C(C)Cl)c2c3c(sc2n1)COC(C)(C)C3. The van der Waals surface area contributed by atoms with E-state index in [1.807, 2.05) is 13.0 Å². The number of aryl methyl sites for hydroxylation is 1. The summed E-state index contributed by atoms with van der Waals surface area (Å²) in [5, 5.41) is 3.13. The predicted octanol–water partition coefficient (Wildman–Crippen LogP) is 5.34. The van der Waals surface area contributed by atoms with Gasteiger partial charge in [0.1, 0.15) is 15.7 Å². The number of thioether (sulfide) groups is 1. The molecule has 0 fully saturated rings. The van der Waals surface area contributed by atoms with Gasteiger partial charge in [-0.3, -0.25) is 0 Å². The minimum absolute atomic E-state index is 0.126. The summed E-state index contributed by atoms with van der Waals surface area (Å²) >= 11 is 9.45. The van der Waals surface area contributed by atoms with Crippen LogP contribution in [-0.2, 0) is 24.2 Å². The van der Waals surface area contributed by atoms with Crippen LogP contribution in [0, 0.1) is 0 Å². The summed E-state index contributed by atoms with van der Waals surface area (Å²) in [5.74, 6) is 1.74. The van der Waals surface area contributed by atoms with Crippen molar-refractivity contribution in [2.24, 2.45) is 0 Å². The summed E-state index contributed by atoms with van der Waals surface area (Å²) in [6, 6.07) is 0. The zero-order valence-corrected chi connectivity index (χ0v) is 16.3. The molecular weight excluding hydrogens is 348 g/mol. The van der Waals surface area contributed by atoms with Crippen LogP contribution < -0.4 is 0 Å². The second-order valence-electron chi connectivity index (χ2n) is 6.31. The van der Waals surface area contributed by atoms with Gasteiger partial charge in [-0.1, -0.05) is 24.6 Å². The van der Waals surface area contributed by atoms with Crippen molar-refractivity contribution in [2.75, 3.05) is 5.75 Å². The van der Waals surface area contributed by atoms with Crippen LogP contribution in [0.15, 0.2) is 16.1 Å². The Morgan fingerprint density at radius 2 is 2.22 bits per heavy atom. The number of thiophene rings is 1. The fourth-order valence-corrected chi connectivity index (χ4v) is 5.03. The Morgan fingerprint density at radius 1 is 1.43 bits per heavy atom. The first-order valence-corrected chi connectivity index (χ1v) is 9.98. The van der Waals surface area contributed by atoms with Crippen molar-refractivity contribution < 1.29 is 4.74 Å². The largest absolute Gasteiger partial charge is 0.370 e. The number of hydrogen-bond donors (Lipinski definition) is 0. The van der Waals surface area contributed by atoms with Crippen LogP contribution in [0.2, 0.25) is 0 Å². The van der Waals surface area contributed by atoms with Gasteiger partial charge < -0.3 is 4.74 Å². The first-order valence-electron chi connectivity index (χ1n) is 7.80. The Hall–Kier alpha value is -0.620. The number of aromatic nitrogens is 2. The Bertz CT molecular complexity index is 764. The molecule has 0 N–H and O–H groups in total. The van der Waals surface area contributed by atoms with E-state index in [-0.39, 0.29) is 5.60 Å². The molecule has 0 aliphatic carbocycles. The molecule has 3 rings (SSSR count). The molecule has 3 nitrogen and oxygen atoms in total. The highest BCUT2D eigenvalue weighted by Gasteiger charge is 2.30. The van der Waals surface area contributed by atoms with Gasteiger partial charge in [0.15, 0.2) is 0 Å². The van der Waals surface area contributed by atoms with Crippen LogP contribution in [0.4, 0.5) is 0 Å². The fourth-order valence-electron chi connectivity index (χ4n) is 2.65. The molecule has 0 unspecified atom stereocenters. The van der Waals surface area contributed by atoms with E-state index in [9.17, 15) is 0 Å². The lowest BCUT2D eigenvalue weighted by Gasteiger charge is -2.30. The maximum absolute atomic E-state index is 5.96. The molecule has 0 bridgehead atoms. The van der Waals surface area contributed by atoms with Gasteiger partial charge >= 0.3 is 0 Å². The Balaban J connectivity index is 2.09. The van der Waals surface area contributed by atoms with Crippen molar-refractivity contribution in [3.8, 4) is 0 Å². The van der Waals surface area contributed by atoms with Crippen molar-refractivity contribution in [3.05, 3.63) is 27.4 Å². The summed E-state index contributed by atoms with van der Waals surface area (Å²) in [6.45, 7) is 8.97. The summed E-state index contributed by atoms with van der Waals surface area (Å²) in [5.41, 5.74) is 1.25. The third-order valence-corrected chi connectivity index (χ3v) is 6.00. The first-order chi connectivity index (χ1) is 10.9. The third kappa shape index (κ3) is 3.73. The van der Waals surface area contributed by atoms with E-state index >= 15 is 0 Å². The molecular formula is C17H21ClN2OS2. The molecule has 0 aromatic carbocycles. The highest BCUT2D eigenvalue weighted by Crippen LogP contribution is 2.41. The van der Waals surface area contributed by atoms with E-state index in [1.54, 1.807) is 23.1 Å². The number of nitrogens with zero attached hydrogens (tertiary/aromatic N) is 2. The molecule has 0 atom stereocenters. The van der Waals surface area contributed by atoms with Crippen molar-refractivity contribution in [1.29, 1.82) is 0 Å². The van der Waals surface area contributed by atoms with Crippen LogP contribution in [0.5, 0.6) is 0 Å². The zero-order chi connectivity index (χ0) is 16.6. The monoisotopic (exact) mass is 368 g/mol. The Kier molecular flexibility index (Phi) is 5.02. The molecule has 0 radical (unpaired) electrons. The van der Waals surface area contributed by atoms with Crippen LogP contribution >= 0.6 is 34.7 Å². The van der Waals surface area contributed by atoms with Gasteiger partial charge in [0.2, 0.25) is 0 Å². The maximum atomic E-state index is 5.96. The Labute approximate surface area is 150 Å². The quantitative estimate of drug-likeness (QED) is 0.539. The van der Waals surface area contributed by atoms with E-state index in [0.29, 0.717) is 6.61 Å². The predicted molar refractivity (Wildman–Crippen MR) is 99.7 cm³/mol. The summed E-state index contributed by atoms with van der Waals surface area (Å²) < 4.78 is 5.96. The number of allylic oxidation sites excluding steroid dienone is 1. The van der Waals surface area contributed by atoms with E-state index in [2.05, 4.69) is 20.8 Å². The van der Waals surface area contributed by atoms with E-state index in [0.717, 1.165) is 39.3 Å². The third-order valence-electron chi connectivity index (χ3n) is 3.84. The molecule has 0 spiro atoms. The fraction of sp³-hybridized carbons (Fsp3) is 0.529.